The maximum absolute atomic E-state index is 12.8. The molecule has 2 saturated heterocycles. The summed E-state index contributed by atoms with van der Waals surface area (Å²) in [5.74, 6) is 0.749. The van der Waals surface area contributed by atoms with Crippen LogP contribution in [0.1, 0.15) is 22.8 Å². The first-order valence-corrected chi connectivity index (χ1v) is 9.80. The van der Waals surface area contributed by atoms with Gasteiger partial charge in [-0.25, -0.2) is 4.79 Å². The Morgan fingerprint density at radius 1 is 1.17 bits per heavy atom. The largest absolute Gasteiger partial charge is 0.344 e. The minimum atomic E-state index is -0.152. The van der Waals surface area contributed by atoms with Gasteiger partial charge in [-0.2, -0.15) is 9.78 Å². The van der Waals surface area contributed by atoms with E-state index in [-0.39, 0.29) is 11.9 Å². The molecule has 3 heterocycles. The van der Waals surface area contributed by atoms with E-state index in [1.54, 1.807) is 13.2 Å². The van der Waals surface area contributed by atoms with Crippen molar-refractivity contribution in [3.8, 4) is 0 Å². The first-order valence-electron chi connectivity index (χ1n) is 9.80. The fourth-order valence-electron chi connectivity index (χ4n) is 4.33. The zero-order chi connectivity index (χ0) is 20.5. The first-order chi connectivity index (χ1) is 14.0. The van der Waals surface area contributed by atoms with E-state index in [2.05, 4.69) is 10.00 Å². The molecule has 0 bridgehead atoms. The zero-order valence-electron chi connectivity index (χ0n) is 16.7. The number of hydrogen-bond donors (Lipinski definition) is 0. The van der Waals surface area contributed by atoms with Crippen molar-refractivity contribution in [1.29, 1.82) is 0 Å². The molecule has 4 rings (SSSR count). The topological polar surface area (TPSA) is 78.8 Å². The van der Waals surface area contributed by atoms with Crippen molar-refractivity contribution >= 4 is 23.9 Å². The van der Waals surface area contributed by atoms with Crippen LogP contribution in [0.2, 0.25) is 0 Å². The van der Waals surface area contributed by atoms with E-state index < -0.39 is 0 Å². The van der Waals surface area contributed by atoms with E-state index in [4.69, 9.17) is 0 Å². The SMILES string of the molecule is CC(=O)N(C)c1cnn(C(=O)N2CC3CN(Cc4ccccc4C=O)CC3C2)c1. The minimum Gasteiger partial charge on any atom is -0.322 e. The monoisotopic (exact) mass is 395 g/mol. The van der Waals surface area contributed by atoms with E-state index in [9.17, 15) is 14.4 Å². The molecule has 0 saturated carbocycles. The van der Waals surface area contributed by atoms with Gasteiger partial charge in [0, 0.05) is 52.3 Å². The van der Waals surface area contributed by atoms with Crippen LogP contribution in [0.5, 0.6) is 0 Å². The number of carbonyl (C=O) groups is 3. The van der Waals surface area contributed by atoms with Crippen LogP contribution in [0.4, 0.5) is 10.5 Å². The molecule has 2 amide bonds. The average Bonchev–Trinajstić information content (AvgIpc) is 3.42. The van der Waals surface area contributed by atoms with Crippen molar-refractivity contribution in [2.24, 2.45) is 11.8 Å². The lowest BCUT2D eigenvalue weighted by atomic mass is 10.0. The Hall–Kier alpha value is -3.00. The molecule has 2 atom stereocenters. The van der Waals surface area contributed by atoms with E-state index >= 15 is 0 Å². The summed E-state index contributed by atoms with van der Waals surface area (Å²) in [5, 5.41) is 4.14. The second kappa shape index (κ2) is 7.79. The molecule has 2 unspecified atom stereocenters. The zero-order valence-corrected chi connectivity index (χ0v) is 16.7. The lowest BCUT2D eigenvalue weighted by Crippen LogP contribution is -2.36. The van der Waals surface area contributed by atoms with Gasteiger partial charge >= 0.3 is 6.03 Å². The number of amides is 2. The molecule has 1 aromatic carbocycles. The molecular weight excluding hydrogens is 370 g/mol. The molecule has 29 heavy (non-hydrogen) atoms. The number of carbonyl (C=O) groups excluding carboxylic acids is 3. The maximum atomic E-state index is 12.8. The van der Waals surface area contributed by atoms with Crippen molar-refractivity contribution in [3.05, 3.63) is 47.8 Å². The Kier molecular flexibility index (Phi) is 5.19. The molecule has 152 valence electrons. The number of hydrogen-bond acceptors (Lipinski definition) is 5. The van der Waals surface area contributed by atoms with Gasteiger partial charge in [-0.05, 0) is 17.4 Å². The molecule has 1 aromatic heterocycles. The molecule has 8 nitrogen and oxygen atoms in total. The molecular formula is C21H25N5O3. The molecule has 2 aromatic rings. The van der Waals surface area contributed by atoms with Gasteiger partial charge < -0.3 is 9.80 Å². The van der Waals surface area contributed by atoms with Crippen LogP contribution in [0, 0.1) is 11.8 Å². The Bertz CT molecular complexity index is 926. The van der Waals surface area contributed by atoms with Gasteiger partial charge in [-0.3, -0.25) is 14.5 Å². The molecule has 0 N–H and O–H groups in total. The smallest absolute Gasteiger partial charge is 0.322 e. The Morgan fingerprint density at radius 2 is 1.86 bits per heavy atom. The first kappa shape index (κ1) is 19.3. The van der Waals surface area contributed by atoms with Crippen LogP contribution in [0.3, 0.4) is 0 Å². The molecule has 0 spiro atoms. The molecule has 8 heteroatoms. The number of anilines is 1. The summed E-state index contributed by atoms with van der Waals surface area (Å²) in [5.41, 5.74) is 2.39. The second-order valence-corrected chi connectivity index (χ2v) is 7.94. The summed E-state index contributed by atoms with van der Waals surface area (Å²) < 4.78 is 1.31. The summed E-state index contributed by atoms with van der Waals surface area (Å²) in [4.78, 5) is 41.2. The van der Waals surface area contributed by atoms with Crippen LogP contribution in [-0.2, 0) is 11.3 Å². The Balaban J connectivity index is 1.36. The van der Waals surface area contributed by atoms with Gasteiger partial charge in [0.2, 0.25) is 5.91 Å². The van der Waals surface area contributed by atoms with Crippen LogP contribution < -0.4 is 4.90 Å². The summed E-state index contributed by atoms with van der Waals surface area (Å²) in [7, 11) is 1.66. The predicted octanol–water partition coefficient (Wildman–Crippen LogP) is 1.71. The van der Waals surface area contributed by atoms with Crippen molar-refractivity contribution in [3.63, 3.8) is 0 Å². The predicted molar refractivity (Wildman–Crippen MR) is 108 cm³/mol. The third-order valence-electron chi connectivity index (χ3n) is 6.03. The molecule has 0 aliphatic carbocycles. The highest BCUT2D eigenvalue weighted by Crippen LogP contribution is 2.32. The van der Waals surface area contributed by atoms with Gasteiger partial charge in [0.25, 0.3) is 0 Å². The van der Waals surface area contributed by atoms with Gasteiger partial charge in [-0.1, -0.05) is 24.3 Å². The van der Waals surface area contributed by atoms with Crippen molar-refractivity contribution in [2.75, 3.05) is 38.1 Å². The van der Waals surface area contributed by atoms with Crippen molar-refractivity contribution in [1.82, 2.24) is 19.6 Å². The standard InChI is InChI=1S/C21H25N5O3/c1-15(28)23(2)20-7-22-26(13-20)21(29)25-11-18-9-24(10-19(18)12-25)8-16-5-3-4-6-17(16)14-27/h3-7,13-14,18-19H,8-12H2,1-2H3. The lowest BCUT2D eigenvalue weighted by molar-refractivity contribution is -0.116. The summed E-state index contributed by atoms with van der Waals surface area (Å²) in [6, 6.07) is 7.54. The van der Waals surface area contributed by atoms with Crippen LogP contribution in [0.15, 0.2) is 36.7 Å². The fraction of sp³-hybridized carbons (Fsp3) is 0.429. The fourth-order valence-corrected chi connectivity index (χ4v) is 4.33. The molecule has 2 fully saturated rings. The molecule has 0 radical (unpaired) electrons. The summed E-state index contributed by atoms with van der Waals surface area (Å²) >= 11 is 0. The maximum Gasteiger partial charge on any atom is 0.344 e. The number of fused-ring (bicyclic) bond motifs is 1. The number of nitrogens with zero attached hydrogens (tertiary/aromatic N) is 5. The summed E-state index contributed by atoms with van der Waals surface area (Å²) in [6.45, 7) is 5.47. The average molecular weight is 395 g/mol. The van der Waals surface area contributed by atoms with E-state index in [1.165, 1.54) is 22.7 Å². The number of benzene rings is 1. The van der Waals surface area contributed by atoms with Crippen LogP contribution >= 0.6 is 0 Å². The third kappa shape index (κ3) is 3.80. The Morgan fingerprint density at radius 3 is 2.52 bits per heavy atom. The van der Waals surface area contributed by atoms with Gasteiger partial charge in [0.1, 0.15) is 6.29 Å². The summed E-state index contributed by atoms with van der Waals surface area (Å²) in [6.07, 6.45) is 4.04. The van der Waals surface area contributed by atoms with Gasteiger partial charge in [0.15, 0.2) is 0 Å². The number of aromatic nitrogens is 2. The van der Waals surface area contributed by atoms with E-state index in [0.717, 1.165) is 37.0 Å². The highest BCUT2D eigenvalue weighted by atomic mass is 16.2. The van der Waals surface area contributed by atoms with Crippen LogP contribution in [-0.4, -0.2) is 71.0 Å². The molecule has 2 aliphatic heterocycles. The van der Waals surface area contributed by atoms with E-state index in [1.807, 2.05) is 29.2 Å². The van der Waals surface area contributed by atoms with Crippen molar-refractivity contribution in [2.45, 2.75) is 13.5 Å². The van der Waals surface area contributed by atoms with E-state index in [0.29, 0.717) is 30.6 Å². The second-order valence-electron chi connectivity index (χ2n) is 7.94. The highest BCUT2D eigenvalue weighted by Gasteiger charge is 2.42. The number of likely N-dealkylation sites (tertiary alicyclic amines) is 2. The van der Waals surface area contributed by atoms with Gasteiger partial charge in [0.05, 0.1) is 18.1 Å². The lowest BCUT2D eigenvalue weighted by Gasteiger charge is -2.22. The normalized spacial score (nSPS) is 21.2. The highest BCUT2D eigenvalue weighted by molar-refractivity contribution is 5.91. The van der Waals surface area contributed by atoms with Crippen LogP contribution in [0.25, 0.3) is 0 Å². The Labute approximate surface area is 169 Å². The quantitative estimate of drug-likeness (QED) is 0.737. The number of aldehydes is 1. The number of rotatable bonds is 4. The molecule has 2 aliphatic rings. The van der Waals surface area contributed by atoms with Crippen molar-refractivity contribution < 1.29 is 14.4 Å². The minimum absolute atomic E-state index is 0.107. The third-order valence-corrected chi connectivity index (χ3v) is 6.03. The van der Waals surface area contributed by atoms with Gasteiger partial charge in [-0.15, -0.1) is 0 Å².